The summed E-state index contributed by atoms with van der Waals surface area (Å²) in [5.41, 5.74) is 4.11. The summed E-state index contributed by atoms with van der Waals surface area (Å²) in [5.74, 6) is -1.03. The number of hydrazine groups is 1. The SMILES string of the molecule is C=C1N[C@@H](C(C)C)C(=O)N[C@@H](C)C(=O)N2CCCC(N2)C(=O)O[C@H](C)c2nc3cc(ccc3c(=O)n2C)/C=C/C1(C)C. The van der Waals surface area contributed by atoms with Crippen LogP contribution in [-0.2, 0) is 26.2 Å². The summed E-state index contributed by atoms with van der Waals surface area (Å²) in [7, 11) is 1.60. The summed E-state index contributed by atoms with van der Waals surface area (Å²) in [6, 6.07) is 3.15. The molecule has 2 aliphatic rings. The fourth-order valence-electron chi connectivity index (χ4n) is 5.11. The number of aromatic nitrogens is 2. The van der Waals surface area contributed by atoms with Gasteiger partial charge in [0.05, 0.1) is 10.9 Å². The molecule has 1 saturated heterocycles. The van der Waals surface area contributed by atoms with E-state index in [4.69, 9.17) is 9.72 Å². The number of amides is 2. The van der Waals surface area contributed by atoms with Gasteiger partial charge in [0, 0.05) is 24.7 Å². The molecule has 11 nitrogen and oxygen atoms in total. The number of hydrogen-bond acceptors (Lipinski definition) is 8. The molecule has 3 N–H and O–H groups in total. The highest BCUT2D eigenvalue weighted by molar-refractivity contribution is 5.90. The number of hydrogen-bond donors (Lipinski definition) is 3. The number of esters is 1. The van der Waals surface area contributed by atoms with E-state index in [2.05, 4.69) is 22.6 Å². The number of cyclic esters (lactones) is 1. The van der Waals surface area contributed by atoms with Crippen LogP contribution < -0.4 is 21.6 Å². The summed E-state index contributed by atoms with van der Waals surface area (Å²) >= 11 is 0. The third-order valence-electron chi connectivity index (χ3n) is 8.01. The number of ether oxygens (including phenoxy) is 1. The molecule has 226 valence electrons. The first-order chi connectivity index (χ1) is 19.7. The minimum atomic E-state index is -0.839. The largest absolute Gasteiger partial charge is 0.453 e. The van der Waals surface area contributed by atoms with E-state index in [1.54, 1.807) is 27.0 Å². The van der Waals surface area contributed by atoms with Crippen molar-refractivity contribution in [1.82, 2.24) is 30.6 Å². The van der Waals surface area contributed by atoms with Gasteiger partial charge in [-0.2, -0.15) is 0 Å². The Bertz CT molecular complexity index is 1490. The van der Waals surface area contributed by atoms with Crippen LogP contribution in [0.15, 0.2) is 41.3 Å². The minimum absolute atomic E-state index is 0.0944. The molecule has 42 heavy (non-hydrogen) atoms. The van der Waals surface area contributed by atoms with Gasteiger partial charge >= 0.3 is 5.97 Å². The van der Waals surface area contributed by atoms with E-state index in [1.165, 1.54) is 9.58 Å². The molecule has 1 unspecified atom stereocenters. The van der Waals surface area contributed by atoms with Crippen molar-refractivity contribution in [2.45, 2.75) is 78.6 Å². The molecule has 2 aromatic rings. The third kappa shape index (κ3) is 6.41. The molecule has 4 atom stereocenters. The molecular formula is C31H42N6O5. The molecule has 2 aliphatic heterocycles. The lowest BCUT2D eigenvalue weighted by molar-refractivity contribution is -0.157. The van der Waals surface area contributed by atoms with Crippen LogP contribution in [-0.4, -0.2) is 57.0 Å². The predicted octanol–water partition coefficient (Wildman–Crippen LogP) is 2.72. The third-order valence-corrected chi connectivity index (χ3v) is 8.01. The molecule has 0 radical (unpaired) electrons. The number of rotatable bonds is 1. The Balaban J connectivity index is 1.77. The van der Waals surface area contributed by atoms with Crippen molar-refractivity contribution in [2.24, 2.45) is 18.4 Å². The van der Waals surface area contributed by atoms with Crippen LogP contribution in [0.2, 0.25) is 0 Å². The summed E-state index contributed by atoms with van der Waals surface area (Å²) in [6.45, 7) is 15.7. The van der Waals surface area contributed by atoms with Crippen molar-refractivity contribution >= 4 is 34.8 Å². The molecule has 2 amide bonds. The molecule has 1 aromatic heterocycles. The maximum absolute atomic E-state index is 13.3. The Morgan fingerprint density at radius 2 is 1.83 bits per heavy atom. The maximum Gasteiger partial charge on any atom is 0.325 e. The first-order valence-electron chi connectivity index (χ1n) is 14.4. The molecule has 1 aromatic carbocycles. The number of nitrogens with one attached hydrogen (secondary N) is 3. The maximum atomic E-state index is 13.3. The van der Waals surface area contributed by atoms with Gasteiger partial charge in [-0.1, -0.05) is 52.5 Å². The smallest absolute Gasteiger partial charge is 0.325 e. The van der Waals surface area contributed by atoms with Gasteiger partial charge in [0.15, 0.2) is 11.9 Å². The monoisotopic (exact) mass is 578 g/mol. The van der Waals surface area contributed by atoms with E-state index < -0.39 is 35.6 Å². The number of carbonyl (C=O) groups is 3. The van der Waals surface area contributed by atoms with Crippen molar-refractivity contribution in [3.05, 3.63) is 58.3 Å². The first kappa shape index (κ1) is 31.0. The van der Waals surface area contributed by atoms with Gasteiger partial charge in [0.25, 0.3) is 11.5 Å². The Hall–Kier alpha value is -3.99. The van der Waals surface area contributed by atoms with Gasteiger partial charge < -0.3 is 15.4 Å². The Kier molecular flexibility index (Phi) is 8.91. The van der Waals surface area contributed by atoms with Gasteiger partial charge in [-0.05, 0) is 50.3 Å². The van der Waals surface area contributed by atoms with Gasteiger partial charge in [-0.15, -0.1) is 0 Å². The Morgan fingerprint density at radius 3 is 2.52 bits per heavy atom. The second-order valence-electron chi connectivity index (χ2n) is 12.1. The van der Waals surface area contributed by atoms with E-state index in [0.717, 1.165) is 5.56 Å². The zero-order chi connectivity index (χ0) is 30.9. The lowest BCUT2D eigenvalue weighted by Crippen LogP contribution is -2.60. The highest BCUT2D eigenvalue weighted by Crippen LogP contribution is 2.28. The van der Waals surface area contributed by atoms with Crippen molar-refractivity contribution in [3.63, 3.8) is 0 Å². The number of carbonyl (C=O) groups excluding carboxylic acids is 3. The fraction of sp³-hybridized carbons (Fsp3) is 0.516. The quantitative estimate of drug-likeness (QED) is 0.440. The van der Waals surface area contributed by atoms with Gasteiger partial charge in [0.1, 0.15) is 18.1 Å². The van der Waals surface area contributed by atoms with E-state index in [9.17, 15) is 19.2 Å². The first-order valence-corrected chi connectivity index (χ1v) is 14.4. The number of fused-ring (bicyclic) bond motifs is 4. The normalized spacial score (nSPS) is 26.5. The van der Waals surface area contributed by atoms with E-state index in [0.29, 0.717) is 41.8 Å². The summed E-state index contributed by atoms with van der Waals surface area (Å²) < 4.78 is 7.14. The predicted molar refractivity (Wildman–Crippen MR) is 161 cm³/mol. The molecule has 3 heterocycles. The Morgan fingerprint density at radius 1 is 1.12 bits per heavy atom. The van der Waals surface area contributed by atoms with E-state index in [-0.39, 0.29) is 23.3 Å². The lowest BCUT2D eigenvalue weighted by Gasteiger charge is -2.35. The van der Waals surface area contributed by atoms with Crippen LogP contribution in [0.25, 0.3) is 17.0 Å². The highest BCUT2D eigenvalue weighted by atomic mass is 16.5. The molecule has 5 bridgehead atoms. The van der Waals surface area contributed by atoms with Gasteiger partial charge in [0.2, 0.25) is 5.91 Å². The molecule has 11 heteroatoms. The van der Waals surface area contributed by atoms with Crippen LogP contribution in [0, 0.1) is 11.3 Å². The highest BCUT2D eigenvalue weighted by Gasteiger charge is 2.34. The average Bonchev–Trinajstić information content (AvgIpc) is 2.95. The van der Waals surface area contributed by atoms with Gasteiger partial charge in [-0.25, -0.2) is 10.4 Å². The number of nitrogens with zero attached hydrogens (tertiary/aromatic N) is 3. The second kappa shape index (κ2) is 12.1. The van der Waals surface area contributed by atoms with E-state index in [1.807, 2.05) is 52.0 Å². The fourth-order valence-corrected chi connectivity index (χ4v) is 5.11. The molecular weight excluding hydrogens is 536 g/mol. The topological polar surface area (TPSA) is 135 Å². The molecule has 4 rings (SSSR count). The minimum Gasteiger partial charge on any atom is -0.453 e. The standard InChI is InChI=1S/C31H42N6O5/c1-17(2)25-27(38)32-18(3)28(39)37-15-9-10-23(35-37)30(41)42-19(4)26-34-24-16-21(11-12-22(24)29(40)36(26)8)13-14-31(6,7)20(5)33-25/h11-14,16-19,23,25,33,35H,5,9-10,15H2,1-4,6-8H3,(H,32,38)/b14-13+/t18-,19+,23?,25-/m0/s1. The molecule has 0 saturated carbocycles. The number of allylic oxidation sites excluding steroid dienone is 1. The average molecular weight is 579 g/mol. The zero-order valence-corrected chi connectivity index (χ0v) is 25.5. The van der Waals surface area contributed by atoms with Crippen LogP contribution in [0.1, 0.15) is 71.9 Å². The van der Waals surface area contributed by atoms with Crippen molar-refractivity contribution in [2.75, 3.05) is 6.54 Å². The van der Waals surface area contributed by atoms with Crippen molar-refractivity contribution in [1.29, 1.82) is 0 Å². The Labute approximate surface area is 246 Å². The zero-order valence-electron chi connectivity index (χ0n) is 25.5. The summed E-state index contributed by atoms with van der Waals surface area (Å²) in [4.78, 5) is 57.7. The molecule has 0 aliphatic carbocycles. The van der Waals surface area contributed by atoms with Crippen LogP contribution in [0.5, 0.6) is 0 Å². The van der Waals surface area contributed by atoms with Gasteiger partial charge in [-0.3, -0.25) is 28.8 Å². The molecule has 1 fully saturated rings. The van der Waals surface area contributed by atoms with Crippen molar-refractivity contribution in [3.8, 4) is 0 Å². The lowest BCUT2D eigenvalue weighted by atomic mass is 9.87. The second-order valence-corrected chi connectivity index (χ2v) is 12.1. The van der Waals surface area contributed by atoms with Crippen LogP contribution in [0.4, 0.5) is 0 Å². The van der Waals surface area contributed by atoms with E-state index >= 15 is 0 Å². The summed E-state index contributed by atoms with van der Waals surface area (Å²) in [6.07, 6.45) is 4.11. The summed E-state index contributed by atoms with van der Waals surface area (Å²) in [5, 5.41) is 7.93. The van der Waals surface area contributed by atoms with Crippen molar-refractivity contribution < 1.29 is 19.1 Å². The number of benzene rings is 1. The molecule has 0 spiro atoms. The van der Waals surface area contributed by atoms with Crippen LogP contribution >= 0.6 is 0 Å². The van der Waals surface area contributed by atoms with Crippen LogP contribution in [0.3, 0.4) is 0 Å².